The van der Waals surface area contributed by atoms with Gasteiger partial charge in [0.15, 0.2) is 5.65 Å². The summed E-state index contributed by atoms with van der Waals surface area (Å²) in [5.41, 5.74) is 4.69. The third-order valence-electron chi connectivity index (χ3n) is 4.66. The second-order valence-corrected chi connectivity index (χ2v) is 6.67. The molecule has 0 atom stereocenters. The minimum absolute atomic E-state index is 0.296. The maximum atomic E-state index is 12.5. The number of ether oxygens (including phenoxy) is 1. The lowest BCUT2D eigenvalue weighted by Gasteiger charge is -2.12. The van der Waals surface area contributed by atoms with Gasteiger partial charge < -0.3 is 10.1 Å². The van der Waals surface area contributed by atoms with Gasteiger partial charge in [0.05, 0.1) is 29.6 Å². The Morgan fingerprint density at radius 2 is 1.97 bits per heavy atom. The molecule has 0 aliphatic rings. The lowest BCUT2D eigenvalue weighted by atomic mass is 10.1. The summed E-state index contributed by atoms with van der Waals surface area (Å²) in [6.07, 6.45) is 5.21. The van der Waals surface area contributed by atoms with Crippen LogP contribution in [0.4, 0.5) is 5.69 Å². The van der Waals surface area contributed by atoms with Gasteiger partial charge in [-0.15, -0.1) is 0 Å². The summed E-state index contributed by atoms with van der Waals surface area (Å²) in [6, 6.07) is 10.0. The van der Waals surface area contributed by atoms with Crippen LogP contribution in [0, 0.1) is 0 Å². The largest absolute Gasteiger partial charge is 0.462 e. The van der Waals surface area contributed by atoms with Crippen LogP contribution in [0.5, 0.6) is 0 Å². The first-order valence-electron chi connectivity index (χ1n) is 9.38. The van der Waals surface area contributed by atoms with Crippen molar-refractivity contribution in [2.24, 2.45) is 14.1 Å². The third kappa shape index (κ3) is 3.56. The zero-order chi connectivity index (χ0) is 20.4. The standard InChI is InChI=1S/C21H22N6O2/c1-4-29-21(28)17-11-23-20-16(12-24-27(20)3)19(17)22-10-15-13-26(2)25-18(15)14-8-6-5-7-9-14/h5-9,11-13H,4,10H2,1-3H3,(H,22,23). The molecule has 3 heterocycles. The maximum Gasteiger partial charge on any atom is 0.341 e. The van der Waals surface area contributed by atoms with Crippen LogP contribution in [-0.2, 0) is 25.4 Å². The predicted molar refractivity (Wildman–Crippen MR) is 110 cm³/mol. The maximum absolute atomic E-state index is 12.5. The fraction of sp³-hybridized carbons (Fsp3) is 0.238. The van der Waals surface area contributed by atoms with Crippen LogP contribution >= 0.6 is 0 Å². The molecule has 148 valence electrons. The SMILES string of the molecule is CCOC(=O)c1cnc2c(cnn2C)c1NCc1cn(C)nc1-c1ccccc1. The number of hydrogen-bond donors (Lipinski definition) is 1. The quantitative estimate of drug-likeness (QED) is 0.509. The monoisotopic (exact) mass is 390 g/mol. The second kappa shape index (κ2) is 7.75. The summed E-state index contributed by atoms with van der Waals surface area (Å²) in [5.74, 6) is -0.414. The summed E-state index contributed by atoms with van der Waals surface area (Å²) in [6.45, 7) is 2.56. The van der Waals surface area contributed by atoms with Crippen LogP contribution in [0.3, 0.4) is 0 Å². The van der Waals surface area contributed by atoms with Gasteiger partial charge in [-0.3, -0.25) is 9.36 Å². The van der Waals surface area contributed by atoms with Crippen molar-refractivity contribution in [1.29, 1.82) is 0 Å². The number of hydrogen-bond acceptors (Lipinski definition) is 6. The molecule has 0 fully saturated rings. The van der Waals surface area contributed by atoms with E-state index in [2.05, 4.69) is 20.5 Å². The first-order chi connectivity index (χ1) is 14.1. The Bertz CT molecular complexity index is 1160. The van der Waals surface area contributed by atoms with Crippen LogP contribution in [0.2, 0.25) is 0 Å². The molecule has 4 rings (SSSR count). The van der Waals surface area contributed by atoms with E-state index in [0.717, 1.165) is 22.2 Å². The van der Waals surface area contributed by atoms with Crippen LogP contribution in [-0.4, -0.2) is 37.1 Å². The van der Waals surface area contributed by atoms with E-state index in [1.807, 2.05) is 50.6 Å². The predicted octanol–water partition coefficient (Wildman–Crippen LogP) is 3.16. The highest BCUT2D eigenvalue weighted by Crippen LogP contribution is 2.28. The van der Waals surface area contributed by atoms with E-state index in [1.54, 1.807) is 22.5 Å². The number of rotatable bonds is 6. The number of esters is 1. The molecule has 0 unspecified atom stereocenters. The third-order valence-corrected chi connectivity index (χ3v) is 4.66. The van der Waals surface area contributed by atoms with Gasteiger partial charge in [-0.25, -0.2) is 9.78 Å². The first kappa shape index (κ1) is 18.7. The number of nitrogens with one attached hydrogen (secondary N) is 1. The molecule has 0 aliphatic carbocycles. The lowest BCUT2D eigenvalue weighted by molar-refractivity contribution is 0.0527. The molecule has 0 saturated carbocycles. The second-order valence-electron chi connectivity index (χ2n) is 6.67. The molecule has 8 heteroatoms. The molecule has 0 spiro atoms. The van der Waals surface area contributed by atoms with Crippen LogP contribution in [0.25, 0.3) is 22.3 Å². The highest BCUT2D eigenvalue weighted by atomic mass is 16.5. The minimum atomic E-state index is -0.414. The van der Waals surface area contributed by atoms with E-state index in [9.17, 15) is 4.79 Å². The van der Waals surface area contributed by atoms with Gasteiger partial charge in [-0.1, -0.05) is 30.3 Å². The van der Waals surface area contributed by atoms with Crippen LogP contribution < -0.4 is 5.32 Å². The normalized spacial score (nSPS) is 11.0. The van der Waals surface area contributed by atoms with Crippen molar-refractivity contribution >= 4 is 22.7 Å². The molecular weight excluding hydrogens is 368 g/mol. The van der Waals surface area contributed by atoms with Crippen molar-refractivity contribution < 1.29 is 9.53 Å². The molecule has 0 saturated heterocycles. The molecule has 1 aromatic carbocycles. The fourth-order valence-electron chi connectivity index (χ4n) is 3.34. The molecule has 0 aliphatic heterocycles. The molecule has 0 bridgehead atoms. The Morgan fingerprint density at radius 3 is 2.72 bits per heavy atom. The fourth-order valence-corrected chi connectivity index (χ4v) is 3.34. The molecule has 1 N–H and O–H groups in total. The number of benzene rings is 1. The summed E-state index contributed by atoms with van der Waals surface area (Å²) in [4.78, 5) is 16.8. The molecule has 8 nitrogen and oxygen atoms in total. The van der Waals surface area contributed by atoms with E-state index in [4.69, 9.17) is 4.74 Å². The van der Waals surface area contributed by atoms with Crippen molar-refractivity contribution in [3.63, 3.8) is 0 Å². The number of nitrogens with zero attached hydrogens (tertiary/aromatic N) is 5. The average Bonchev–Trinajstić information content (AvgIpc) is 3.29. The zero-order valence-electron chi connectivity index (χ0n) is 16.6. The molecule has 0 amide bonds. The van der Waals surface area contributed by atoms with Gasteiger partial charge in [-0.2, -0.15) is 10.2 Å². The summed E-state index contributed by atoms with van der Waals surface area (Å²) < 4.78 is 8.68. The summed E-state index contributed by atoms with van der Waals surface area (Å²) >= 11 is 0. The van der Waals surface area contributed by atoms with Crippen molar-refractivity contribution in [3.05, 3.63) is 60.0 Å². The summed E-state index contributed by atoms with van der Waals surface area (Å²) in [5, 5.41) is 13.0. The average molecular weight is 390 g/mol. The highest BCUT2D eigenvalue weighted by Gasteiger charge is 2.19. The van der Waals surface area contributed by atoms with Crippen LogP contribution in [0.1, 0.15) is 22.8 Å². The number of aryl methyl sites for hydroxylation is 2. The van der Waals surface area contributed by atoms with Crippen LogP contribution in [0.15, 0.2) is 48.9 Å². The Hall–Kier alpha value is -3.68. The van der Waals surface area contributed by atoms with Gasteiger partial charge in [0, 0.05) is 44.2 Å². The summed E-state index contributed by atoms with van der Waals surface area (Å²) in [7, 11) is 3.71. The van der Waals surface area contributed by atoms with E-state index >= 15 is 0 Å². The number of aromatic nitrogens is 5. The number of carbonyl (C=O) groups is 1. The van der Waals surface area contributed by atoms with Crippen molar-refractivity contribution in [1.82, 2.24) is 24.5 Å². The first-order valence-corrected chi connectivity index (χ1v) is 9.38. The Kier molecular flexibility index (Phi) is 4.99. The van der Waals surface area contributed by atoms with E-state index < -0.39 is 5.97 Å². The lowest BCUT2D eigenvalue weighted by Crippen LogP contribution is -2.11. The van der Waals surface area contributed by atoms with Gasteiger partial charge in [0.1, 0.15) is 5.56 Å². The van der Waals surface area contributed by atoms with Gasteiger partial charge in [0.2, 0.25) is 0 Å². The number of anilines is 1. The van der Waals surface area contributed by atoms with E-state index in [1.165, 1.54) is 6.20 Å². The Morgan fingerprint density at radius 1 is 1.17 bits per heavy atom. The van der Waals surface area contributed by atoms with Crippen molar-refractivity contribution in [2.75, 3.05) is 11.9 Å². The van der Waals surface area contributed by atoms with Gasteiger partial charge in [0.25, 0.3) is 0 Å². The van der Waals surface area contributed by atoms with Crippen molar-refractivity contribution in [2.45, 2.75) is 13.5 Å². The number of fused-ring (bicyclic) bond motifs is 1. The smallest absolute Gasteiger partial charge is 0.341 e. The Labute approximate surface area is 168 Å². The van der Waals surface area contributed by atoms with E-state index in [-0.39, 0.29) is 0 Å². The highest BCUT2D eigenvalue weighted by molar-refractivity contribution is 6.04. The number of carbonyl (C=O) groups excluding carboxylic acids is 1. The molecule has 29 heavy (non-hydrogen) atoms. The topological polar surface area (TPSA) is 86.9 Å². The molecule has 0 radical (unpaired) electrons. The Balaban J connectivity index is 1.72. The molecular formula is C21H22N6O2. The molecule has 4 aromatic rings. The van der Waals surface area contributed by atoms with Crippen molar-refractivity contribution in [3.8, 4) is 11.3 Å². The van der Waals surface area contributed by atoms with Gasteiger partial charge >= 0.3 is 5.97 Å². The minimum Gasteiger partial charge on any atom is -0.462 e. The molecule has 3 aromatic heterocycles. The van der Waals surface area contributed by atoms with Gasteiger partial charge in [-0.05, 0) is 6.92 Å². The van der Waals surface area contributed by atoms with E-state index in [0.29, 0.717) is 30.0 Å². The zero-order valence-corrected chi connectivity index (χ0v) is 16.6. The number of pyridine rings is 1.